The fourth-order valence-electron chi connectivity index (χ4n) is 9.49. The van der Waals surface area contributed by atoms with Gasteiger partial charge in [-0.1, -0.05) is 127 Å². The van der Waals surface area contributed by atoms with Crippen molar-refractivity contribution in [2.24, 2.45) is 0 Å². The Labute approximate surface area is 514 Å². The van der Waals surface area contributed by atoms with Crippen LogP contribution in [0.5, 0.6) is 0 Å². The first-order chi connectivity index (χ1) is 43.2. The van der Waals surface area contributed by atoms with Crippen LogP contribution in [-0.4, -0.2) is 136 Å². The van der Waals surface area contributed by atoms with Crippen molar-refractivity contribution in [3.8, 4) is 0 Å². The molecule has 2 aliphatic rings. The summed E-state index contributed by atoms with van der Waals surface area (Å²) < 4.78 is 80.1. The van der Waals surface area contributed by atoms with Crippen molar-refractivity contribution < 1.29 is 99.8 Å². The Hall–Kier alpha value is -9.31. The van der Waals surface area contributed by atoms with Crippen molar-refractivity contribution in [3.05, 3.63) is 251 Å². The number of benzene rings is 7. The summed E-state index contributed by atoms with van der Waals surface area (Å²) in [5.41, 5.74) is -0.0494. The third kappa shape index (κ3) is 18.4. The highest BCUT2D eigenvalue weighted by Crippen LogP contribution is 2.38. The summed E-state index contributed by atoms with van der Waals surface area (Å²) in [6, 6.07) is 53.0. The van der Waals surface area contributed by atoms with Crippen LogP contribution in [0.3, 0.4) is 0 Å². The normalized spacial score (nSPS) is 21.2. The lowest BCUT2D eigenvalue weighted by Crippen LogP contribution is -3.11. The topological polar surface area (TPSA) is 266 Å². The van der Waals surface area contributed by atoms with Crippen molar-refractivity contribution in [2.75, 3.05) is 32.8 Å². The zero-order valence-electron chi connectivity index (χ0n) is 48.6. The standard InChI is InChI=1S/C61H49O20P.C6H15N/c62-53(38-22-8-1-9-23-38)71-36-45-47(75-55(64)40-26-12-3-13-27-40)49(76-56(65)41-28-14-4-15-29-41)51(78-58(67)43-32-18-6-19-33-43)60(73-45)80-48-46(37-72-54(63)39-24-10-2-11-25-39)74-61(81-82(69)70)52(79-59(68)44-34-20-7-21-35-44)50(48)77-57(66)42-30-16-5-17-31-42;1-4-7(5-2)6-3/h1-35,45-52,60-61H,36-37H2;4-6H2,1-3H3/p+1/t45-,46-,47+,48-,49-,50+,51-,52+,60+,61-;/m1./s1. The van der Waals surface area contributed by atoms with E-state index in [4.69, 9.17) is 51.9 Å². The van der Waals surface area contributed by atoms with E-state index in [0.29, 0.717) is 0 Å². The molecule has 21 nitrogen and oxygen atoms in total. The molecule has 2 aliphatic heterocycles. The van der Waals surface area contributed by atoms with Gasteiger partial charge in [-0.25, -0.2) is 33.6 Å². The molecule has 0 bridgehead atoms. The fraction of sp³-hybridized carbons (Fsp3) is 0.269. The molecular formula is C67H65NO20P+. The number of carbonyl (C=O) groups is 7. The molecule has 7 aromatic carbocycles. The maximum absolute atomic E-state index is 14.5. The van der Waals surface area contributed by atoms with E-state index < -0.39 is 125 Å². The third-order valence-electron chi connectivity index (χ3n) is 14.2. The Morgan fingerprint density at radius 3 is 0.899 bits per heavy atom. The average Bonchev–Trinajstić information content (AvgIpc) is 1.16. The lowest BCUT2D eigenvalue weighted by Gasteiger charge is -2.48. The van der Waals surface area contributed by atoms with Gasteiger partial charge in [0.2, 0.25) is 0 Å². The molecule has 2 saturated heterocycles. The van der Waals surface area contributed by atoms with Crippen LogP contribution in [0.4, 0.5) is 0 Å². The molecule has 0 aromatic heterocycles. The summed E-state index contributed by atoms with van der Waals surface area (Å²) in [6.07, 6.45) is -20.0. The lowest BCUT2D eigenvalue weighted by atomic mass is 9.95. The second-order valence-electron chi connectivity index (χ2n) is 19.9. The van der Waals surface area contributed by atoms with E-state index in [1.807, 2.05) is 0 Å². The maximum atomic E-state index is 14.5. The minimum absolute atomic E-state index is 0.00915. The summed E-state index contributed by atoms with van der Waals surface area (Å²) in [4.78, 5) is 114. The van der Waals surface area contributed by atoms with Gasteiger partial charge in [-0.15, -0.1) is 4.52 Å². The summed E-state index contributed by atoms with van der Waals surface area (Å²) in [7, 11) is -3.87. The van der Waals surface area contributed by atoms with Gasteiger partial charge in [-0.2, -0.15) is 0 Å². The molecule has 2 heterocycles. The highest BCUT2D eigenvalue weighted by molar-refractivity contribution is 7.30. The van der Waals surface area contributed by atoms with Crippen molar-refractivity contribution in [1.29, 1.82) is 0 Å². The Balaban J connectivity index is 0.00000138. The molecule has 0 radical (unpaired) electrons. The second kappa shape index (κ2) is 33.2. The first-order valence-corrected chi connectivity index (χ1v) is 29.7. The highest BCUT2D eigenvalue weighted by Gasteiger charge is 2.59. The number of ether oxygens (including phenoxy) is 10. The van der Waals surface area contributed by atoms with Crippen LogP contribution >= 0.6 is 8.25 Å². The molecular weight excluding hydrogens is 1170 g/mol. The van der Waals surface area contributed by atoms with Crippen molar-refractivity contribution >= 4 is 50.0 Å². The molecule has 2 fully saturated rings. The summed E-state index contributed by atoms with van der Waals surface area (Å²) in [6.45, 7) is 8.82. The predicted molar refractivity (Wildman–Crippen MR) is 315 cm³/mol. The highest BCUT2D eigenvalue weighted by atomic mass is 31.1. The Bertz CT molecular complexity index is 3420. The van der Waals surface area contributed by atoms with Crippen LogP contribution in [0.15, 0.2) is 212 Å². The zero-order chi connectivity index (χ0) is 63.1. The van der Waals surface area contributed by atoms with Gasteiger partial charge in [0, 0.05) is 0 Å². The molecule has 1 N–H and O–H groups in total. The first-order valence-electron chi connectivity index (χ1n) is 28.6. The molecule has 22 heteroatoms. The predicted octanol–water partition coefficient (Wildman–Crippen LogP) is 7.63. The van der Waals surface area contributed by atoms with Crippen molar-refractivity contribution in [2.45, 2.75) is 82.2 Å². The van der Waals surface area contributed by atoms with E-state index >= 15 is 0 Å². The van der Waals surface area contributed by atoms with Gasteiger partial charge in [0.25, 0.3) is 6.29 Å². The molecule has 9 rings (SSSR count). The Morgan fingerprint density at radius 2 is 0.607 bits per heavy atom. The second-order valence-corrected chi connectivity index (χ2v) is 20.6. The van der Waals surface area contributed by atoms with Gasteiger partial charge in [0.15, 0.2) is 36.8 Å². The van der Waals surface area contributed by atoms with Crippen LogP contribution < -0.4 is 9.79 Å². The number of carbonyl (C=O) groups excluding carboxylic acids is 7. The number of quaternary nitrogens is 1. The van der Waals surface area contributed by atoms with Crippen molar-refractivity contribution in [1.82, 2.24) is 0 Å². The molecule has 462 valence electrons. The number of hydrogen-bond donors (Lipinski definition) is 1. The molecule has 0 spiro atoms. The minimum Gasteiger partial charge on any atom is -0.566 e. The minimum atomic E-state index is -3.87. The van der Waals surface area contributed by atoms with E-state index in [1.165, 1.54) is 141 Å². The average molecular weight is 1240 g/mol. The van der Waals surface area contributed by atoms with Gasteiger partial charge in [-0.05, 0) is 110 Å². The van der Waals surface area contributed by atoms with Gasteiger partial charge in [0.05, 0.1) is 58.6 Å². The molecule has 1 unspecified atom stereocenters. The largest absolute Gasteiger partial charge is 0.566 e. The van der Waals surface area contributed by atoms with E-state index in [9.17, 15) is 43.0 Å². The van der Waals surface area contributed by atoms with Crippen LogP contribution in [0.25, 0.3) is 0 Å². The van der Waals surface area contributed by atoms with Gasteiger partial charge >= 0.3 is 50.0 Å². The Kier molecular flexibility index (Phi) is 24.5. The van der Waals surface area contributed by atoms with Gasteiger partial charge in [0.1, 0.15) is 31.5 Å². The zero-order valence-corrected chi connectivity index (χ0v) is 49.5. The lowest BCUT2D eigenvalue weighted by molar-refractivity contribution is -0.894. The molecule has 0 aliphatic carbocycles. The smallest absolute Gasteiger partial charge is 0.491 e. The van der Waals surface area contributed by atoms with E-state index in [0.717, 1.165) is 0 Å². The van der Waals surface area contributed by atoms with E-state index in [-0.39, 0.29) is 38.9 Å². The molecule has 0 saturated carbocycles. The van der Waals surface area contributed by atoms with Crippen LogP contribution in [-0.2, 0) is 56.5 Å². The molecule has 0 amide bonds. The molecule has 7 aromatic rings. The number of nitrogens with one attached hydrogen (secondary N) is 1. The SMILES string of the molecule is CC[NH+](CC)CC.O=C(OC[C@H]1O[C@@H](O[C@H]2[C@H](OC(=O)c3ccccc3)[C@H](OC(=O)c3ccccc3)[C@@H](O[P+](=O)[O-])O[C@@H]2COC(=O)c2ccccc2)[C@H](OC(=O)c2ccccc2)[C@H](OC(=O)c2ccccc2)[C@H]1OC(=O)c1ccccc1)c1ccccc1. The monoisotopic (exact) mass is 1230 g/mol. The summed E-state index contributed by atoms with van der Waals surface area (Å²) in [5, 5.41) is 0. The molecule has 89 heavy (non-hydrogen) atoms. The number of esters is 7. The van der Waals surface area contributed by atoms with Crippen LogP contribution in [0.1, 0.15) is 93.3 Å². The van der Waals surface area contributed by atoms with Crippen LogP contribution in [0.2, 0.25) is 0 Å². The van der Waals surface area contributed by atoms with Gasteiger partial charge < -0.3 is 57.2 Å². The molecule has 11 atom stereocenters. The van der Waals surface area contributed by atoms with E-state index in [1.54, 1.807) is 95.9 Å². The number of hydrogen-bond acceptors (Lipinski definition) is 20. The van der Waals surface area contributed by atoms with Gasteiger partial charge in [-0.3, -0.25) is 0 Å². The van der Waals surface area contributed by atoms with Crippen LogP contribution in [0, 0.1) is 0 Å². The Morgan fingerprint density at radius 1 is 0.360 bits per heavy atom. The third-order valence-corrected chi connectivity index (χ3v) is 14.6. The number of rotatable bonds is 23. The fourth-order valence-corrected chi connectivity index (χ4v) is 9.83. The quantitative estimate of drug-likeness (QED) is 0.0366. The van der Waals surface area contributed by atoms with E-state index in [2.05, 4.69) is 20.8 Å². The van der Waals surface area contributed by atoms with Crippen molar-refractivity contribution in [3.63, 3.8) is 0 Å². The summed E-state index contributed by atoms with van der Waals surface area (Å²) in [5.74, 6) is -7.13. The summed E-state index contributed by atoms with van der Waals surface area (Å²) >= 11 is 0. The first kappa shape index (κ1) is 65.7. The maximum Gasteiger partial charge on any atom is 0.491 e.